The maximum atomic E-state index is 13.7. The molecule has 39 heavy (non-hydrogen) atoms. The predicted octanol–water partition coefficient (Wildman–Crippen LogP) is 3.60. The maximum absolute atomic E-state index is 13.7. The second kappa shape index (κ2) is 12.8. The van der Waals surface area contributed by atoms with E-state index in [0.29, 0.717) is 11.4 Å². The molecule has 3 aromatic rings. The molecule has 0 radical (unpaired) electrons. The first-order chi connectivity index (χ1) is 18.7. The number of likely N-dealkylation sites (N-methyl/N-ethyl adjacent to an activating group) is 1. The van der Waals surface area contributed by atoms with Crippen LogP contribution in [0.2, 0.25) is 5.02 Å². The van der Waals surface area contributed by atoms with E-state index in [1.165, 1.54) is 28.8 Å². The number of nitrogens with one attached hydrogen (secondary N) is 2. The number of fused-ring (bicyclic) bond motifs is 1. The number of aliphatic hydroxyl groups excluding tert-OH is 2. The number of anilines is 1. The lowest BCUT2D eigenvalue weighted by Crippen LogP contribution is -2.49. The topological polar surface area (TPSA) is 133 Å². The molecule has 4 rings (SSSR count). The molecule has 2 heterocycles. The lowest BCUT2D eigenvalue weighted by Gasteiger charge is -2.28. The van der Waals surface area contributed by atoms with Crippen molar-refractivity contribution >= 4 is 52.1 Å². The van der Waals surface area contributed by atoms with Gasteiger partial charge in [-0.2, -0.15) is 0 Å². The second-order valence-corrected chi connectivity index (χ2v) is 10.8. The van der Waals surface area contributed by atoms with E-state index in [0.717, 1.165) is 10.8 Å². The number of halogens is 2. The molecule has 3 amide bonds. The smallest absolute Gasteiger partial charge is 0.412 e. The molecule has 3 atom stereocenters. The molecule has 10 nitrogen and oxygen atoms in total. The number of aromatic nitrogens is 1. The van der Waals surface area contributed by atoms with E-state index in [9.17, 15) is 19.1 Å². The number of hydrogen-bond donors (Lipinski definition) is 4. The standard InChI is InChI=1S/C26H28ClFN4O6S/c1-32(24(35)30-11-18-7-4-8-20(28)23(18)27)26(15-37-13-19(34)12-33)21(39-26)14-38-25(36)31-22-9-16-5-2-3-6-17(16)10-29-22/h2-10,19,21,33-34H,11-15H2,1H3,(H,30,35)(H,29,31,36)/t19-,21?,26-/m0/s1. The molecule has 2 aromatic carbocycles. The quantitative estimate of drug-likeness (QED) is 0.254. The van der Waals surface area contributed by atoms with Gasteiger partial charge in [0.15, 0.2) is 0 Å². The Morgan fingerprint density at radius 3 is 2.79 bits per heavy atom. The van der Waals surface area contributed by atoms with E-state index < -0.39 is 35.5 Å². The van der Waals surface area contributed by atoms with E-state index in [4.69, 9.17) is 26.2 Å². The van der Waals surface area contributed by atoms with Crippen LogP contribution in [0.3, 0.4) is 0 Å². The minimum atomic E-state index is -1.07. The Balaban J connectivity index is 1.36. The molecule has 4 N–H and O–H groups in total. The first-order valence-corrected chi connectivity index (χ1v) is 13.3. The molecule has 1 fully saturated rings. The summed E-state index contributed by atoms with van der Waals surface area (Å²) in [6, 6.07) is 13.2. The number of benzene rings is 2. The lowest BCUT2D eigenvalue weighted by atomic mass is 10.2. The van der Waals surface area contributed by atoms with E-state index in [1.807, 2.05) is 24.3 Å². The Morgan fingerprint density at radius 1 is 1.26 bits per heavy atom. The minimum Gasteiger partial charge on any atom is -0.448 e. The Labute approximate surface area is 233 Å². The summed E-state index contributed by atoms with van der Waals surface area (Å²) in [6.45, 7) is -0.660. The van der Waals surface area contributed by atoms with Crippen molar-refractivity contribution in [1.82, 2.24) is 15.2 Å². The average Bonchev–Trinajstić information content (AvgIpc) is 3.65. The van der Waals surface area contributed by atoms with Gasteiger partial charge in [-0.3, -0.25) is 5.32 Å². The molecule has 13 heteroatoms. The normalized spacial score (nSPS) is 18.8. The first-order valence-electron chi connectivity index (χ1n) is 12.0. The van der Waals surface area contributed by atoms with Crippen LogP contribution in [0.5, 0.6) is 0 Å². The molecular formula is C26H28ClFN4O6S. The summed E-state index contributed by atoms with van der Waals surface area (Å²) >= 11 is 7.33. The molecule has 0 bridgehead atoms. The zero-order valence-electron chi connectivity index (χ0n) is 21.0. The number of hydrogen-bond acceptors (Lipinski definition) is 8. The maximum Gasteiger partial charge on any atom is 0.412 e. The highest BCUT2D eigenvalue weighted by Crippen LogP contribution is 2.55. The van der Waals surface area contributed by atoms with Gasteiger partial charge in [-0.05, 0) is 23.1 Å². The average molecular weight is 579 g/mol. The minimum absolute atomic E-state index is 0.00123. The Kier molecular flexibility index (Phi) is 9.46. The summed E-state index contributed by atoms with van der Waals surface area (Å²) in [6.07, 6.45) is -0.131. The number of urea groups is 1. The molecule has 0 aliphatic carbocycles. The zero-order chi connectivity index (χ0) is 28.0. The Hall–Kier alpha value is -3.16. The van der Waals surface area contributed by atoms with E-state index >= 15 is 0 Å². The van der Waals surface area contributed by atoms with Gasteiger partial charge in [-0.15, -0.1) is 11.8 Å². The van der Waals surface area contributed by atoms with Crippen LogP contribution in [-0.4, -0.2) is 81.9 Å². The van der Waals surface area contributed by atoms with Crippen molar-refractivity contribution in [3.8, 4) is 0 Å². The molecule has 0 saturated carbocycles. The van der Waals surface area contributed by atoms with Crippen molar-refractivity contribution in [1.29, 1.82) is 0 Å². The molecule has 1 aromatic heterocycles. The summed E-state index contributed by atoms with van der Waals surface area (Å²) in [7, 11) is 1.56. The van der Waals surface area contributed by atoms with E-state index in [-0.39, 0.29) is 36.6 Å². The summed E-state index contributed by atoms with van der Waals surface area (Å²) < 4.78 is 24.7. The number of carbonyl (C=O) groups is 2. The van der Waals surface area contributed by atoms with E-state index in [2.05, 4.69) is 15.6 Å². The summed E-state index contributed by atoms with van der Waals surface area (Å²) in [5, 5.41) is 25.4. The number of pyridine rings is 1. The predicted molar refractivity (Wildman–Crippen MR) is 146 cm³/mol. The third kappa shape index (κ3) is 7.08. The molecular weight excluding hydrogens is 551 g/mol. The van der Waals surface area contributed by atoms with Crippen LogP contribution in [0.1, 0.15) is 5.56 Å². The van der Waals surface area contributed by atoms with Crippen molar-refractivity contribution in [2.75, 3.05) is 38.8 Å². The van der Waals surface area contributed by atoms with E-state index in [1.54, 1.807) is 25.4 Å². The van der Waals surface area contributed by atoms with Gasteiger partial charge in [0, 0.05) is 25.2 Å². The van der Waals surface area contributed by atoms with Crippen molar-refractivity contribution in [2.24, 2.45) is 0 Å². The number of thioether (sulfide) groups is 1. The van der Waals surface area contributed by atoms with Crippen LogP contribution in [0, 0.1) is 5.82 Å². The molecule has 1 saturated heterocycles. The van der Waals surface area contributed by atoms with Crippen LogP contribution in [-0.2, 0) is 16.0 Å². The molecule has 208 valence electrons. The van der Waals surface area contributed by atoms with Gasteiger partial charge < -0.3 is 29.9 Å². The van der Waals surface area contributed by atoms with Crippen molar-refractivity contribution in [2.45, 2.75) is 22.8 Å². The first kappa shape index (κ1) is 28.8. The highest BCUT2D eigenvalue weighted by Gasteiger charge is 2.61. The summed E-state index contributed by atoms with van der Waals surface area (Å²) in [5.74, 6) is -0.251. The van der Waals surface area contributed by atoms with Gasteiger partial charge in [0.2, 0.25) is 0 Å². The summed E-state index contributed by atoms with van der Waals surface area (Å²) in [4.78, 5) is 30.1. The number of ether oxygens (including phenoxy) is 2. The third-order valence-corrected chi connectivity index (χ3v) is 8.25. The SMILES string of the molecule is CN(C(=O)NCc1cccc(F)c1Cl)[C@@]1(COC[C@@H](O)CO)SC1COC(=O)Nc1cc2ccccc2cn1. The number of amides is 3. The molecule has 1 unspecified atom stereocenters. The van der Waals surface area contributed by atoms with Gasteiger partial charge in [-0.1, -0.05) is 48.0 Å². The van der Waals surface area contributed by atoms with Crippen LogP contribution < -0.4 is 10.6 Å². The highest BCUT2D eigenvalue weighted by atomic mass is 35.5. The Bertz CT molecular complexity index is 1340. The van der Waals surface area contributed by atoms with Crippen LogP contribution in [0.25, 0.3) is 10.8 Å². The zero-order valence-corrected chi connectivity index (χ0v) is 22.5. The Morgan fingerprint density at radius 2 is 2.03 bits per heavy atom. The number of rotatable bonds is 11. The fraction of sp³-hybridized carbons (Fsp3) is 0.346. The summed E-state index contributed by atoms with van der Waals surface area (Å²) in [5.41, 5.74) is 0.414. The monoisotopic (exact) mass is 578 g/mol. The van der Waals surface area contributed by atoms with Crippen LogP contribution in [0.15, 0.2) is 54.7 Å². The van der Waals surface area contributed by atoms with Crippen molar-refractivity contribution in [3.05, 3.63) is 71.1 Å². The van der Waals surface area contributed by atoms with Crippen LogP contribution in [0.4, 0.5) is 19.8 Å². The van der Waals surface area contributed by atoms with Crippen molar-refractivity contribution in [3.63, 3.8) is 0 Å². The number of aliphatic hydroxyl groups is 2. The van der Waals surface area contributed by atoms with Gasteiger partial charge in [-0.25, -0.2) is 19.0 Å². The lowest BCUT2D eigenvalue weighted by molar-refractivity contribution is -0.00960. The van der Waals surface area contributed by atoms with Gasteiger partial charge >= 0.3 is 12.1 Å². The van der Waals surface area contributed by atoms with Gasteiger partial charge in [0.05, 0.1) is 30.1 Å². The highest BCUT2D eigenvalue weighted by molar-refractivity contribution is 8.08. The molecule has 1 aliphatic heterocycles. The van der Waals surface area contributed by atoms with Crippen molar-refractivity contribution < 1.29 is 33.7 Å². The molecule has 0 spiro atoms. The third-order valence-electron chi connectivity index (χ3n) is 6.18. The fourth-order valence-electron chi connectivity index (χ4n) is 3.88. The largest absolute Gasteiger partial charge is 0.448 e. The number of carbonyl (C=O) groups excluding carboxylic acids is 2. The van der Waals surface area contributed by atoms with Crippen LogP contribution >= 0.6 is 23.4 Å². The second-order valence-electron chi connectivity index (χ2n) is 8.87. The van der Waals surface area contributed by atoms with Gasteiger partial charge in [0.1, 0.15) is 29.2 Å². The molecule has 1 aliphatic rings. The number of nitrogens with zero attached hydrogens (tertiary/aromatic N) is 2. The fourth-order valence-corrected chi connectivity index (χ4v) is 5.32. The van der Waals surface area contributed by atoms with Gasteiger partial charge in [0.25, 0.3) is 0 Å².